The van der Waals surface area contributed by atoms with Gasteiger partial charge in [-0.1, -0.05) is 12.1 Å². The van der Waals surface area contributed by atoms with E-state index in [-0.39, 0.29) is 18.3 Å². The molecule has 0 spiro atoms. The fourth-order valence-corrected chi connectivity index (χ4v) is 2.15. The number of hydrogen-bond acceptors (Lipinski definition) is 3. The minimum Gasteiger partial charge on any atom is -0.366 e. The summed E-state index contributed by atoms with van der Waals surface area (Å²) in [5.74, 6) is -0.249. The fourth-order valence-electron chi connectivity index (χ4n) is 2.15. The molecule has 2 amide bonds. The molecule has 5 nitrogen and oxygen atoms in total. The zero-order chi connectivity index (χ0) is 14.5. The lowest BCUT2D eigenvalue weighted by Crippen LogP contribution is -2.34. The maximum Gasteiger partial charge on any atom is 0.248 e. The summed E-state index contributed by atoms with van der Waals surface area (Å²) in [6.45, 7) is 1.30. The topological polar surface area (TPSA) is 75.4 Å². The van der Waals surface area contributed by atoms with E-state index in [2.05, 4.69) is 5.32 Å². The highest BCUT2D eigenvalue weighted by atomic mass is 35.5. The number of hydrogen-bond donors (Lipinski definition) is 2. The summed E-state index contributed by atoms with van der Waals surface area (Å²) in [6.07, 6.45) is 2.70. The van der Waals surface area contributed by atoms with Crippen LogP contribution < -0.4 is 11.1 Å². The molecule has 6 heteroatoms. The standard InChI is InChI=1S/C15H21N3O2.ClH/c1-17-9-8-14(19)18(13-6-7-13)10-11-2-4-12(5-3-11)15(16)20;/h2-5,13,17H,6-10H2,1H3,(H2,16,20);1H. The molecule has 0 heterocycles. The number of primary amides is 1. The van der Waals surface area contributed by atoms with E-state index in [1.165, 1.54) is 0 Å². The van der Waals surface area contributed by atoms with Gasteiger partial charge in [-0.2, -0.15) is 0 Å². The zero-order valence-electron chi connectivity index (χ0n) is 12.2. The van der Waals surface area contributed by atoms with Crippen molar-refractivity contribution in [1.29, 1.82) is 0 Å². The Kier molecular flexibility index (Phi) is 6.65. The lowest BCUT2D eigenvalue weighted by atomic mass is 10.1. The molecule has 0 radical (unpaired) electrons. The first-order valence-corrected chi connectivity index (χ1v) is 6.94. The minimum absolute atomic E-state index is 0. The Morgan fingerprint density at radius 1 is 1.29 bits per heavy atom. The number of nitrogens with zero attached hydrogens (tertiary/aromatic N) is 1. The van der Waals surface area contributed by atoms with Crippen LogP contribution in [0.25, 0.3) is 0 Å². The molecule has 0 saturated heterocycles. The Labute approximate surface area is 131 Å². The second-order valence-corrected chi connectivity index (χ2v) is 5.17. The van der Waals surface area contributed by atoms with E-state index in [1.807, 2.05) is 24.1 Å². The molecule has 1 fully saturated rings. The first kappa shape index (κ1) is 17.5. The molecule has 0 unspecified atom stereocenters. The fraction of sp³-hybridized carbons (Fsp3) is 0.467. The van der Waals surface area contributed by atoms with Gasteiger partial charge in [0.2, 0.25) is 11.8 Å². The molecule has 116 valence electrons. The molecule has 3 N–H and O–H groups in total. The van der Waals surface area contributed by atoms with Crippen LogP contribution in [0.2, 0.25) is 0 Å². The van der Waals surface area contributed by atoms with E-state index in [9.17, 15) is 9.59 Å². The van der Waals surface area contributed by atoms with Gasteiger partial charge in [-0.25, -0.2) is 0 Å². The number of rotatable bonds is 7. The van der Waals surface area contributed by atoms with Gasteiger partial charge in [-0.3, -0.25) is 9.59 Å². The third-order valence-electron chi connectivity index (χ3n) is 3.49. The van der Waals surface area contributed by atoms with E-state index in [0.29, 0.717) is 31.1 Å². The second-order valence-electron chi connectivity index (χ2n) is 5.17. The van der Waals surface area contributed by atoms with Crippen LogP contribution in [0.3, 0.4) is 0 Å². The van der Waals surface area contributed by atoms with E-state index >= 15 is 0 Å². The molecule has 1 aromatic rings. The molecule has 0 aliphatic heterocycles. The molecule has 1 aliphatic carbocycles. The van der Waals surface area contributed by atoms with Crippen LogP contribution in [-0.4, -0.2) is 36.3 Å². The highest BCUT2D eigenvalue weighted by Crippen LogP contribution is 2.28. The Balaban J connectivity index is 0.00000220. The average molecular weight is 312 g/mol. The van der Waals surface area contributed by atoms with Crippen LogP contribution in [0.15, 0.2) is 24.3 Å². The molecule has 0 bridgehead atoms. The summed E-state index contributed by atoms with van der Waals surface area (Å²) in [7, 11) is 1.84. The second kappa shape index (κ2) is 8.00. The Hall–Kier alpha value is -1.59. The number of nitrogens with one attached hydrogen (secondary N) is 1. The van der Waals surface area contributed by atoms with Gasteiger partial charge >= 0.3 is 0 Å². The van der Waals surface area contributed by atoms with Gasteiger partial charge in [0.25, 0.3) is 0 Å². The van der Waals surface area contributed by atoms with Crippen LogP contribution in [0.5, 0.6) is 0 Å². The molecule has 1 aromatic carbocycles. The number of amides is 2. The van der Waals surface area contributed by atoms with Gasteiger partial charge in [0.1, 0.15) is 0 Å². The third-order valence-corrected chi connectivity index (χ3v) is 3.49. The summed E-state index contributed by atoms with van der Waals surface area (Å²) in [6, 6.07) is 7.53. The predicted molar refractivity (Wildman–Crippen MR) is 84.3 cm³/mol. The van der Waals surface area contributed by atoms with E-state index in [0.717, 1.165) is 18.4 Å². The van der Waals surface area contributed by atoms with Crippen molar-refractivity contribution in [2.75, 3.05) is 13.6 Å². The van der Waals surface area contributed by atoms with Gasteiger partial charge in [0, 0.05) is 31.1 Å². The van der Waals surface area contributed by atoms with Crippen molar-refractivity contribution in [3.63, 3.8) is 0 Å². The maximum atomic E-state index is 12.2. The molecule has 0 aromatic heterocycles. The summed E-state index contributed by atoms with van der Waals surface area (Å²) in [5.41, 5.74) is 6.74. The third kappa shape index (κ3) is 5.02. The van der Waals surface area contributed by atoms with Gasteiger partial charge < -0.3 is 16.0 Å². The molecular formula is C15H22ClN3O2. The highest BCUT2D eigenvalue weighted by Gasteiger charge is 2.32. The van der Waals surface area contributed by atoms with Gasteiger partial charge in [0.05, 0.1) is 0 Å². The van der Waals surface area contributed by atoms with Crippen molar-refractivity contribution in [3.8, 4) is 0 Å². The highest BCUT2D eigenvalue weighted by molar-refractivity contribution is 5.92. The zero-order valence-corrected chi connectivity index (χ0v) is 13.0. The smallest absolute Gasteiger partial charge is 0.248 e. The quantitative estimate of drug-likeness (QED) is 0.797. The van der Waals surface area contributed by atoms with Crippen LogP contribution >= 0.6 is 12.4 Å². The van der Waals surface area contributed by atoms with Crippen molar-refractivity contribution in [2.45, 2.75) is 31.8 Å². The number of benzene rings is 1. The molecular weight excluding hydrogens is 290 g/mol. The van der Waals surface area contributed by atoms with Crippen molar-refractivity contribution >= 4 is 24.2 Å². The Morgan fingerprint density at radius 2 is 1.90 bits per heavy atom. The van der Waals surface area contributed by atoms with Crippen molar-refractivity contribution in [3.05, 3.63) is 35.4 Å². The molecule has 2 rings (SSSR count). The van der Waals surface area contributed by atoms with Crippen LogP contribution in [0.4, 0.5) is 0 Å². The normalized spacial score (nSPS) is 13.4. The number of halogens is 1. The first-order chi connectivity index (χ1) is 9.61. The largest absolute Gasteiger partial charge is 0.366 e. The number of carbonyl (C=O) groups is 2. The van der Waals surface area contributed by atoms with Gasteiger partial charge in [-0.15, -0.1) is 12.4 Å². The monoisotopic (exact) mass is 311 g/mol. The van der Waals surface area contributed by atoms with Gasteiger partial charge in [-0.05, 0) is 37.6 Å². The van der Waals surface area contributed by atoms with Crippen LogP contribution in [0, 0.1) is 0 Å². The summed E-state index contributed by atoms with van der Waals surface area (Å²) < 4.78 is 0. The molecule has 0 atom stereocenters. The van der Waals surface area contributed by atoms with Crippen molar-refractivity contribution < 1.29 is 9.59 Å². The lowest BCUT2D eigenvalue weighted by Gasteiger charge is -2.22. The summed E-state index contributed by atoms with van der Waals surface area (Å²) >= 11 is 0. The van der Waals surface area contributed by atoms with Crippen molar-refractivity contribution in [2.24, 2.45) is 5.73 Å². The van der Waals surface area contributed by atoms with E-state index in [1.54, 1.807) is 12.1 Å². The minimum atomic E-state index is -0.430. The SMILES string of the molecule is CNCCC(=O)N(Cc1ccc(C(N)=O)cc1)C1CC1.Cl. The molecule has 1 aliphatic rings. The van der Waals surface area contributed by atoms with E-state index in [4.69, 9.17) is 5.73 Å². The number of nitrogens with two attached hydrogens (primary N) is 1. The lowest BCUT2D eigenvalue weighted by molar-refractivity contribution is -0.132. The van der Waals surface area contributed by atoms with E-state index < -0.39 is 5.91 Å². The Morgan fingerprint density at radius 3 is 2.38 bits per heavy atom. The molecule has 21 heavy (non-hydrogen) atoms. The number of carbonyl (C=O) groups excluding carboxylic acids is 2. The maximum absolute atomic E-state index is 12.2. The van der Waals surface area contributed by atoms with Crippen LogP contribution in [-0.2, 0) is 11.3 Å². The Bertz CT molecular complexity index is 486. The first-order valence-electron chi connectivity index (χ1n) is 6.94. The molecule has 1 saturated carbocycles. The average Bonchev–Trinajstić information content (AvgIpc) is 3.27. The summed E-state index contributed by atoms with van der Waals surface area (Å²) in [5, 5.41) is 3.00. The summed E-state index contributed by atoms with van der Waals surface area (Å²) in [4.78, 5) is 25.1. The predicted octanol–water partition coefficient (Wildman–Crippen LogP) is 1.31. The van der Waals surface area contributed by atoms with Crippen LogP contribution in [0.1, 0.15) is 35.2 Å². The van der Waals surface area contributed by atoms with Crippen molar-refractivity contribution in [1.82, 2.24) is 10.2 Å². The van der Waals surface area contributed by atoms with Gasteiger partial charge in [0.15, 0.2) is 0 Å².